The van der Waals surface area contributed by atoms with Crippen LogP contribution >= 0.6 is 11.3 Å². The summed E-state index contributed by atoms with van der Waals surface area (Å²) in [5.74, 6) is 0.845. The Bertz CT molecular complexity index is 1220. The summed E-state index contributed by atoms with van der Waals surface area (Å²) in [5.41, 5.74) is 5.54. The summed E-state index contributed by atoms with van der Waals surface area (Å²) in [6, 6.07) is 18.8. The number of benzene rings is 2. The van der Waals surface area contributed by atoms with E-state index in [1.54, 1.807) is 40.4 Å². The molecule has 1 aliphatic rings. The van der Waals surface area contributed by atoms with Crippen molar-refractivity contribution in [3.05, 3.63) is 83.4 Å². The highest BCUT2D eigenvalue weighted by Gasteiger charge is 2.16. The zero-order valence-corrected chi connectivity index (χ0v) is 16.5. The first-order chi connectivity index (χ1) is 14.8. The van der Waals surface area contributed by atoms with Crippen LogP contribution in [-0.4, -0.2) is 28.7 Å². The smallest absolute Gasteiger partial charge is 0.271 e. The minimum atomic E-state index is -0.335. The van der Waals surface area contributed by atoms with E-state index < -0.39 is 0 Å². The number of carbonyl (C=O) groups is 1. The Balaban J connectivity index is 1.39. The molecule has 8 heteroatoms. The first-order valence-electron chi connectivity index (χ1n) is 9.20. The van der Waals surface area contributed by atoms with Crippen molar-refractivity contribution in [1.29, 1.82) is 0 Å². The zero-order chi connectivity index (χ0) is 20.3. The van der Waals surface area contributed by atoms with Crippen molar-refractivity contribution in [3.8, 4) is 27.8 Å². The van der Waals surface area contributed by atoms with Gasteiger partial charge in [0.1, 0.15) is 5.69 Å². The van der Waals surface area contributed by atoms with Crippen molar-refractivity contribution in [2.45, 2.75) is 0 Å². The number of amides is 1. The van der Waals surface area contributed by atoms with Crippen LogP contribution in [0.5, 0.6) is 11.5 Å². The van der Waals surface area contributed by atoms with Crippen LogP contribution in [0.4, 0.5) is 0 Å². The molecule has 0 atom stereocenters. The molecular weight excluding hydrogens is 400 g/mol. The molecule has 1 N–H and O–H groups in total. The van der Waals surface area contributed by atoms with Gasteiger partial charge in [-0.25, -0.2) is 10.1 Å². The number of fused-ring (bicyclic) bond motifs is 1. The Morgan fingerprint density at radius 1 is 1.10 bits per heavy atom. The summed E-state index contributed by atoms with van der Waals surface area (Å²) < 4.78 is 12.4. The number of hydrogen-bond acceptors (Lipinski definition) is 6. The van der Waals surface area contributed by atoms with E-state index in [9.17, 15) is 4.79 Å². The topological polar surface area (TPSA) is 77.7 Å². The monoisotopic (exact) mass is 416 g/mol. The lowest BCUT2D eigenvalue weighted by Crippen LogP contribution is -2.17. The van der Waals surface area contributed by atoms with Crippen molar-refractivity contribution in [2.24, 2.45) is 5.10 Å². The molecule has 3 heterocycles. The molecule has 0 bridgehead atoms. The lowest BCUT2D eigenvalue weighted by molar-refractivity contribution is 0.0954. The molecule has 0 saturated carbocycles. The molecule has 7 nitrogen and oxygen atoms in total. The minimum absolute atomic E-state index is 0.162. The van der Waals surface area contributed by atoms with E-state index in [1.807, 2.05) is 54.0 Å². The van der Waals surface area contributed by atoms with Gasteiger partial charge < -0.3 is 9.47 Å². The molecule has 148 valence electrons. The SMILES string of the molecule is O=C(N/N=C/c1cn(-c2ccccc2)nc1-c1cccs1)c1ccc2c(c1)OCO2. The summed E-state index contributed by atoms with van der Waals surface area (Å²) in [6.45, 7) is 0.162. The summed E-state index contributed by atoms with van der Waals surface area (Å²) in [7, 11) is 0. The number of nitrogens with one attached hydrogen (secondary N) is 1. The van der Waals surface area contributed by atoms with Crippen LogP contribution in [0.3, 0.4) is 0 Å². The van der Waals surface area contributed by atoms with Gasteiger partial charge in [-0.3, -0.25) is 4.79 Å². The molecule has 0 spiro atoms. The Hall–Kier alpha value is -3.91. The predicted octanol–water partition coefficient (Wildman–Crippen LogP) is 4.09. The normalized spacial score (nSPS) is 12.4. The Morgan fingerprint density at radius 2 is 1.97 bits per heavy atom. The first-order valence-corrected chi connectivity index (χ1v) is 10.1. The van der Waals surface area contributed by atoms with Crippen LogP contribution in [0.2, 0.25) is 0 Å². The number of hydrazone groups is 1. The fourth-order valence-electron chi connectivity index (χ4n) is 3.06. The highest BCUT2D eigenvalue weighted by Crippen LogP contribution is 2.32. The van der Waals surface area contributed by atoms with Gasteiger partial charge in [-0.2, -0.15) is 10.2 Å². The van der Waals surface area contributed by atoms with Crippen LogP contribution in [0, 0.1) is 0 Å². The Kier molecular flexibility index (Phi) is 4.74. The summed E-state index contributed by atoms with van der Waals surface area (Å²) in [5, 5.41) is 10.9. The number of aromatic nitrogens is 2. The molecule has 5 rings (SSSR count). The molecular formula is C22H16N4O3S. The van der Waals surface area contributed by atoms with Crippen molar-refractivity contribution in [3.63, 3.8) is 0 Å². The number of thiophene rings is 1. The predicted molar refractivity (Wildman–Crippen MR) is 115 cm³/mol. The van der Waals surface area contributed by atoms with Gasteiger partial charge in [0.2, 0.25) is 6.79 Å². The van der Waals surface area contributed by atoms with E-state index in [2.05, 4.69) is 10.5 Å². The quantitative estimate of drug-likeness (QED) is 0.393. The molecule has 2 aromatic heterocycles. The lowest BCUT2D eigenvalue weighted by atomic mass is 10.2. The van der Waals surface area contributed by atoms with E-state index in [0.29, 0.717) is 17.1 Å². The van der Waals surface area contributed by atoms with E-state index in [1.165, 1.54) is 0 Å². The maximum absolute atomic E-state index is 12.4. The molecule has 0 radical (unpaired) electrons. The standard InChI is InChI=1S/C22H16N4O3S/c27-22(15-8-9-18-19(11-15)29-14-28-18)24-23-12-16-13-26(17-5-2-1-3-6-17)25-21(16)20-7-4-10-30-20/h1-13H,14H2,(H,24,27)/b23-12+. The van der Waals surface area contributed by atoms with Gasteiger partial charge in [0.15, 0.2) is 11.5 Å². The van der Waals surface area contributed by atoms with Gasteiger partial charge in [-0.1, -0.05) is 24.3 Å². The largest absolute Gasteiger partial charge is 0.454 e. The van der Waals surface area contributed by atoms with Crippen molar-refractivity contribution in [1.82, 2.24) is 15.2 Å². The van der Waals surface area contributed by atoms with Crippen molar-refractivity contribution < 1.29 is 14.3 Å². The first kappa shape index (κ1) is 18.1. The van der Waals surface area contributed by atoms with Crippen LogP contribution < -0.4 is 14.9 Å². The van der Waals surface area contributed by atoms with Gasteiger partial charge in [0.25, 0.3) is 5.91 Å². The van der Waals surface area contributed by atoms with Crippen LogP contribution in [0.15, 0.2) is 77.3 Å². The molecule has 0 unspecified atom stereocenters. The molecule has 1 aliphatic heterocycles. The lowest BCUT2D eigenvalue weighted by Gasteiger charge is -2.01. The second kappa shape index (κ2) is 7.84. The van der Waals surface area contributed by atoms with Gasteiger partial charge in [0.05, 0.1) is 16.8 Å². The second-order valence-electron chi connectivity index (χ2n) is 6.46. The number of carbonyl (C=O) groups excluding carboxylic acids is 1. The van der Waals surface area contributed by atoms with E-state index in [0.717, 1.165) is 21.8 Å². The van der Waals surface area contributed by atoms with Gasteiger partial charge in [-0.05, 0) is 41.8 Å². The third-order valence-corrected chi connectivity index (χ3v) is 5.40. The summed E-state index contributed by atoms with van der Waals surface area (Å²) in [4.78, 5) is 13.5. The van der Waals surface area contributed by atoms with Crippen molar-refractivity contribution in [2.75, 3.05) is 6.79 Å². The highest BCUT2D eigenvalue weighted by molar-refractivity contribution is 7.13. The van der Waals surface area contributed by atoms with E-state index in [4.69, 9.17) is 14.6 Å². The molecule has 0 aliphatic carbocycles. The maximum atomic E-state index is 12.4. The third kappa shape index (κ3) is 3.56. The molecule has 4 aromatic rings. The van der Waals surface area contributed by atoms with Gasteiger partial charge in [0, 0.05) is 17.3 Å². The second-order valence-corrected chi connectivity index (χ2v) is 7.41. The number of hydrogen-bond donors (Lipinski definition) is 1. The Morgan fingerprint density at radius 3 is 2.80 bits per heavy atom. The molecule has 0 fully saturated rings. The minimum Gasteiger partial charge on any atom is -0.454 e. The average molecular weight is 416 g/mol. The Labute approximate surface area is 176 Å². The number of rotatable bonds is 5. The number of para-hydroxylation sites is 1. The summed E-state index contributed by atoms with van der Waals surface area (Å²) in [6.07, 6.45) is 3.49. The van der Waals surface area contributed by atoms with E-state index in [-0.39, 0.29) is 12.7 Å². The summed E-state index contributed by atoms with van der Waals surface area (Å²) >= 11 is 1.60. The fraction of sp³-hybridized carbons (Fsp3) is 0.0455. The average Bonchev–Trinajstić information content (AvgIpc) is 3.53. The zero-order valence-electron chi connectivity index (χ0n) is 15.7. The van der Waals surface area contributed by atoms with Crippen LogP contribution in [0.25, 0.3) is 16.3 Å². The molecule has 0 saturated heterocycles. The van der Waals surface area contributed by atoms with Gasteiger partial charge >= 0.3 is 0 Å². The maximum Gasteiger partial charge on any atom is 0.271 e. The fourth-order valence-corrected chi connectivity index (χ4v) is 3.79. The number of nitrogens with zero attached hydrogens (tertiary/aromatic N) is 3. The number of ether oxygens (including phenoxy) is 2. The van der Waals surface area contributed by atoms with Crippen LogP contribution in [-0.2, 0) is 0 Å². The molecule has 1 amide bonds. The van der Waals surface area contributed by atoms with Crippen molar-refractivity contribution >= 4 is 23.5 Å². The molecule has 30 heavy (non-hydrogen) atoms. The van der Waals surface area contributed by atoms with Crippen LogP contribution in [0.1, 0.15) is 15.9 Å². The van der Waals surface area contributed by atoms with E-state index >= 15 is 0 Å². The third-order valence-electron chi connectivity index (χ3n) is 4.52. The van der Waals surface area contributed by atoms with Gasteiger partial charge in [-0.15, -0.1) is 11.3 Å². The molecule has 2 aromatic carbocycles. The highest BCUT2D eigenvalue weighted by atomic mass is 32.1.